The maximum absolute atomic E-state index is 9.47. The third-order valence-corrected chi connectivity index (χ3v) is 4.04. The predicted molar refractivity (Wildman–Crippen MR) is 80.8 cm³/mol. The van der Waals surface area contributed by atoms with Crippen LogP contribution in [0.3, 0.4) is 0 Å². The largest absolute Gasteiger partial charge is 0.395 e. The highest BCUT2D eigenvalue weighted by molar-refractivity contribution is 5.53. The van der Waals surface area contributed by atoms with Gasteiger partial charge in [0, 0.05) is 23.8 Å². The van der Waals surface area contributed by atoms with E-state index in [9.17, 15) is 5.11 Å². The van der Waals surface area contributed by atoms with Crippen molar-refractivity contribution in [2.75, 3.05) is 24.6 Å². The second-order valence-corrected chi connectivity index (χ2v) is 6.35. The molecule has 0 saturated carbocycles. The normalized spacial score (nSPS) is 23.2. The van der Waals surface area contributed by atoms with E-state index in [4.69, 9.17) is 0 Å². The predicted octanol–water partition coefficient (Wildman–Crippen LogP) is 2.24. The maximum Gasteiger partial charge on any atom is 0.0601 e. The zero-order valence-electron chi connectivity index (χ0n) is 12.5. The lowest BCUT2D eigenvalue weighted by Gasteiger charge is -2.40. The van der Waals surface area contributed by atoms with E-state index >= 15 is 0 Å². The minimum absolute atomic E-state index is 0.108. The monoisotopic (exact) mass is 262 g/mol. The molecule has 2 rings (SSSR count). The number of hydrogen-bond donors (Lipinski definition) is 2. The van der Waals surface area contributed by atoms with Crippen molar-refractivity contribution in [3.05, 3.63) is 29.3 Å². The number of aliphatic hydroxyl groups is 1. The summed E-state index contributed by atoms with van der Waals surface area (Å²) in [6.07, 6.45) is 1.08. The van der Waals surface area contributed by atoms with Crippen molar-refractivity contribution >= 4 is 5.69 Å². The first-order valence-corrected chi connectivity index (χ1v) is 7.12. The number of aliphatic hydroxyl groups excluding tert-OH is 1. The zero-order chi connectivity index (χ0) is 14.0. The molecule has 1 aromatic rings. The summed E-state index contributed by atoms with van der Waals surface area (Å²) >= 11 is 0. The SMILES string of the molecule is Cc1cc(C)cc(N2CC(CO)NCCC2(C)C)c1. The Bertz CT molecular complexity index is 422. The van der Waals surface area contributed by atoms with Crippen LogP contribution in [0.15, 0.2) is 18.2 Å². The first-order valence-electron chi connectivity index (χ1n) is 7.12. The second-order valence-electron chi connectivity index (χ2n) is 6.35. The Hall–Kier alpha value is -1.06. The van der Waals surface area contributed by atoms with Crippen LogP contribution in [0.4, 0.5) is 5.69 Å². The molecular weight excluding hydrogens is 236 g/mol. The van der Waals surface area contributed by atoms with Gasteiger partial charge in [-0.1, -0.05) is 6.07 Å². The Kier molecular flexibility index (Phi) is 4.16. The van der Waals surface area contributed by atoms with Crippen LogP contribution in [0.1, 0.15) is 31.4 Å². The van der Waals surface area contributed by atoms with Crippen LogP contribution >= 0.6 is 0 Å². The molecule has 1 fully saturated rings. The summed E-state index contributed by atoms with van der Waals surface area (Å²) in [5.41, 5.74) is 3.97. The number of anilines is 1. The molecule has 19 heavy (non-hydrogen) atoms. The quantitative estimate of drug-likeness (QED) is 0.858. The highest BCUT2D eigenvalue weighted by atomic mass is 16.3. The molecule has 1 heterocycles. The van der Waals surface area contributed by atoms with Gasteiger partial charge in [0.2, 0.25) is 0 Å². The Morgan fingerprint density at radius 3 is 2.47 bits per heavy atom. The number of nitrogens with zero attached hydrogens (tertiary/aromatic N) is 1. The zero-order valence-corrected chi connectivity index (χ0v) is 12.5. The molecule has 0 spiro atoms. The molecule has 1 saturated heterocycles. The molecule has 0 aromatic heterocycles. The van der Waals surface area contributed by atoms with Gasteiger partial charge in [-0.05, 0) is 63.9 Å². The van der Waals surface area contributed by atoms with Crippen LogP contribution in [0.2, 0.25) is 0 Å². The van der Waals surface area contributed by atoms with Crippen molar-refractivity contribution in [1.29, 1.82) is 0 Å². The van der Waals surface area contributed by atoms with E-state index < -0.39 is 0 Å². The van der Waals surface area contributed by atoms with E-state index in [0.717, 1.165) is 19.5 Å². The van der Waals surface area contributed by atoms with Crippen LogP contribution in [0.25, 0.3) is 0 Å². The van der Waals surface area contributed by atoms with E-state index in [0.29, 0.717) is 0 Å². The van der Waals surface area contributed by atoms with Crippen molar-refractivity contribution in [3.63, 3.8) is 0 Å². The molecule has 1 aliphatic heterocycles. The van der Waals surface area contributed by atoms with E-state index in [2.05, 4.69) is 56.1 Å². The summed E-state index contributed by atoms with van der Waals surface area (Å²) in [4.78, 5) is 2.44. The van der Waals surface area contributed by atoms with Crippen LogP contribution in [-0.2, 0) is 0 Å². The van der Waals surface area contributed by atoms with E-state index in [1.54, 1.807) is 0 Å². The fraction of sp³-hybridized carbons (Fsp3) is 0.625. The van der Waals surface area contributed by atoms with Gasteiger partial charge in [0.1, 0.15) is 0 Å². The highest BCUT2D eigenvalue weighted by Gasteiger charge is 2.31. The lowest BCUT2D eigenvalue weighted by Crippen LogP contribution is -2.47. The average Bonchev–Trinajstić information content (AvgIpc) is 2.46. The van der Waals surface area contributed by atoms with Gasteiger partial charge < -0.3 is 15.3 Å². The molecule has 1 unspecified atom stereocenters. The van der Waals surface area contributed by atoms with Gasteiger partial charge in [-0.15, -0.1) is 0 Å². The van der Waals surface area contributed by atoms with Gasteiger partial charge >= 0.3 is 0 Å². The van der Waals surface area contributed by atoms with Gasteiger partial charge in [-0.25, -0.2) is 0 Å². The lowest BCUT2D eigenvalue weighted by atomic mass is 9.96. The second kappa shape index (κ2) is 5.51. The van der Waals surface area contributed by atoms with Crippen LogP contribution in [0, 0.1) is 13.8 Å². The fourth-order valence-electron chi connectivity index (χ4n) is 2.93. The number of nitrogens with one attached hydrogen (secondary N) is 1. The summed E-state index contributed by atoms with van der Waals surface area (Å²) in [6, 6.07) is 6.85. The van der Waals surface area contributed by atoms with Crippen molar-refractivity contribution in [3.8, 4) is 0 Å². The average molecular weight is 262 g/mol. The van der Waals surface area contributed by atoms with Crippen molar-refractivity contribution < 1.29 is 5.11 Å². The number of hydrogen-bond acceptors (Lipinski definition) is 3. The minimum Gasteiger partial charge on any atom is -0.395 e. The molecule has 3 nitrogen and oxygen atoms in total. The number of benzene rings is 1. The molecule has 2 N–H and O–H groups in total. The molecule has 0 aliphatic carbocycles. The molecular formula is C16H26N2O. The lowest BCUT2D eigenvalue weighted by molar-refractivity contribution is 0.248. The topological polar surface area (TPSA) is 35.5 Å². The van der Waals surface area contributed by atoms with Crippen molar-refractivity contribution in [2.24, 2.45) is 0 Å². The van der Waals surface area contributed by atoms with Crippen LogP contribution < -0.4 is 10.2 Å². The third-order valence-electron chi connectivity index (χ3n) is 4.04. The Labute approximate surface area is 116 Å². The molecule has 0 bridgehead atoms. The van der Waals surface area contributed by atoms with Crippen molar-refractivity contribution in [2.45, 2.75) is 45.7 Å². The summed E-state index contributed by atoms with van der Waals surface area (Å²) in [6.45, 7) is 10.9. The molecule has 106 valence electrons. The minimum atomic E-state index is 0.108. The molecule has 0 radical (unpaired) electrons. The van der Waals surface area contributed by atoms with Gasteiger partial charge in [-0.3, -0.25) is 0 Å². The molecule has 3 heteroatoms. The van der Waals surface area contributed by atoms with E-state index in [1.807, 2.05) is 0 Å². The molecule has 1 atom stereocenters. The van der Waals surface area contributed by atoms with Crippen LogP contribution in [-0.4, -0.2) is 36.4 Å². The Morgan fingerprint density at radius 1 is 1.26 bits per heavy atom. The molecule has 1 aliphatic rings. The number of aryl methyl sites for hydroxylation is 2. The number of rotatable bonds is 2. The van der Waals surface area contributed by atoms with E-state index in [1.165, 1.54) is 16.8 Å². The standard InChI is InChI=1S/C16H26N2O/c1-12-7-13(2)9-15(8-12)18-10-14(11-19)17-6-5-16(18,3)4/h7-9,14,17,19H,5-6,10-11H2,1-4H3. The summed E-state index contributed by atoms with van der Waals surface area (Å²) < 4.78 is 0. The van der Waals surface area contributed by atoms with Gasteiger partial charge in [0.05, 0.1) is 6.61 Å². The first kappa shape index (κ1) is 14.4. The van der Waals surface area contributed by atoms with E-state index in [-0.39, 0.29) is 18.2 Å². The Balaban J connectivity index is 2.36. The van der Waals surface area contributed by atoms with Crippen LogP contribution in [0.5, 0.6) is 0 Å². The summed E-state index contributed by atoms with van der Waals surface area (Å²) in [5.74, 6) is 0. The highest BCUT2D eigenvalue weighted by Crippen LogP contribution is 2.29. The Morgan fingerprint density at radius 2 is 1.89 bits per heavy atom. The summed E-state index contributed by atoms with van der Waals surface area (Å²) in [7, 11) is 0. The first-order chi connectivity index (χ1) is 8.92. The smallest absolute Gasteiger partial charge is 0.0601 e. The molecule has 1 aromatic carbocycles. The summed E-state index contributed by atoms with van der Waals surface area (Å²) in [5, 5.41) is 12.9. The fourth-order valence-corrected chi connectivity index (χ4v) is 2.93. The van der Waals surface area contributed by atoms with Gasteiger partial charge in [-0.2, -0.15) is 0 Å². The van der Waals surface area contributed by atoms with Gasteiger partial charge in [0.15, 0.2) is 0 Å². The van der Waals surface area contributed by atoms with Gasteiger partial charge in [0.25, 0.3) is 0 Å². The maximum atomic E-state index is 9.47. The van der Waals surface area contributed by atoms with Crippen molar-refractivity contribution in [1.82, 2.24) is 5.32 Å². The molecule has 0 amide bonds. The third kappa shape index (κ3) is 3.28.